The molecule has 7 nitrogen and oxygen atoms in total. The largest absolute Gasteiger partial charge is 0.487 e. The van der Waals surface area contributed by atoms with E-state index in [0.717, 1.165) is 16.8 Å². The maximum Gasteiger partial charge on any atom is 0.487 e. The maximum absolute atomic E-state index is 14.0. The van der Waals surface area contributed by atoms with E-state index in [4.69, 9.17) is 11.6 Å². The Morgan fingerprint density at radius 3 is 2.58 bits per heavy atom. The van der Waals surface area contributed by atoms with Crippen molar-refractivity contribution in [3.8, 4) is 17.0 Å². The van der Waals surface area contributed by atoms with Gasteiger partial charge in [-0.15, -0.1) is 8.78 Å². The maximum atomic E-state index is 14.0. The molecule has 1 atom stereocenters. The summed E-state index contributed by atoms with van der Waals surface area (Å²) in [4.78, 5) is 29.3. The van der Waals surface area contributed by atoms with Gasteiger partial charge in [0.25, 0.3) is 0 Å². The number of H-pyrrole nitrogens is 1. The molecule has 33 heavy (non-hydrogen) atoms. The Balaban J connectivity index is 1.64. The normalized spacial score (nSPS) is 19.9. The molecule has 1 fully saturated rings. The fraction of sp³-hybridized carbons (Fsp3) is 0.261. The average Bonchev–Trinajstić information content (AvgIpc) is 3.49. The topological polar surface area (TPSA) is 78.5 Å². The summed E-state index contributed by atoms with van der Waals surface area (Å²) in [5, 5.41) is 7.01. The van der Waals surface area contributed by atoms with Crippen molar-refractivity contribution in [3.63, 3.8) is 0 Å². The lowest BCUT2D eigenvalue weighted by Gasteiger charge is -2.25. The molecule has 0 aliphatic carbocycles. The Hall–Kier alpha value is -3.46. The molecule has 3 heterocycles. The van der Waals surface area contributed by atoms with Crippen molar-refractivity contribution < 1.29 is 23.1 Å². The standard InChI is InChI=1S/C23H19ClF2N4O3/c1-14(31)29-12-10-22(13-29)20-17(18-9-11-27-28-18)3-2-4-19(20)30(21(22)32)15-5-7-16(8-6-15)33-23(24,25)26/h2-9,11H,10,12-13H2,1H3,(H,27,28). The number of aromatic nitrogens is 2. The first-order valence-corrected chi connectivity index (χ1v) is 10.7. The summed E-state index contributed by atoms with van der Waals surface area (Å²) in [5.41, 5.74) is -1.19. The first kappa shape index (κ1) is 21.4. The summed E-state index contributed by atoms with van der Waals surface area (Å²) in [5.74, 6) is -0.401. The van der Waals surface area contributed by atoms with Crippen LogP contribution in [0.3, 0.4) is 0 Å². The molecule has 10 heteroatoms. The second kappa shape index (κ2) is 7.55. The molecule has 0 saturated carbocycles. The molecule has 0 bridgehead atoms. The molecule has 2 aliphatic rings. The van der Waals surface area contributed by atoms with Gasteiger partial charge in [-0.3, -0.25) is 19.6 Å². The lowest BCUT2D eigenvalue weighted by Crippen LogP contribution is -2.41. The van der Waals surface area contributed by atoms with Crippen molar-refractivity contribution in [2.24, 2.45) is 0 Å². The van der Waals surface area contributed by atoms with Crippen molar-refractivity contribution in [1.29, 1.82) is 0 Å². The zero-order chi connectivity index (χ0) is 23.4. The van der Waals surface area contributed by atoms with Gasteiger partial charge in [-0.25, -0.2) is 0 Å². The van der Waals surface area contributed by atoms with E-state index in [9.17, 15) is 18.4 Å². The molecule has 1 unspecified atom stereocenters. The van der Waals surface area contributed by atoms with Gasteiger partial charge in [0, 0.05) is 54.6 Å². The summed E-state index contributed by atoms with van der Waals surface area (Å²) >= 11 is 4.85. The Labute approximate surface area is 192 Å². The molecule has 3 aromatic rings. The van der Waals surface area contributed by atoms with Crippen molar-refractivity contribution >= 4 is 34.8 Å². The average molecular weight is 473 g/mol. The minimum atomic E-state index is -3.83. The number of likely N-dealkylation sites (tertiary alicyclic amines) is 1. The van der Waals surface area contributed by atoms with Crippen molar-refractivity contribution in [2.45, 2.75) is 24.3 Å². The minimum Gasteiger partial charge on any atom is -0.420 e. The summed E-state index contributed by atoms with van der Waals surface area (Å²) in [6.45, 7) is 2.21. The molecule has 1 aromatic heterocycles. The number of alkyl halides is 3. The summed E-state index contributed by atoms with van der Waals surface area (Å²) in [6, 6.07) is 13.1. The number of rotatable bonds is 4. The summed E-state index contributed by atoms with van der Waals surface area (Å²) in [7, 11) is 0. The number of nitrogens with one attached hydrogen (secondary N) is 1. The Morgan fingerprint density at radius 1 is 1.21 bits per heavy atom. The highest BCUT2D eigenvalue weighted by molar-refractivity contribution is 6.20. The lowest BCUT2D eigenvalue weighted by atomic mass is 9.78. The number of hydrogen-bond donors (Lipinski definition) is 1. The van der Waals surface area contributed by atoms with E-state index in [2.05, 4.69) is 14.9 Å². The predicted octanol–water partition coefficient (Wildman–Crippen LogP) is 4.41. The second-order valence-electron chi connectivity index (χ2n) is 8.12. The van der Waals surface area contributed by atoms with Crippen LogP contribution in [0.25, 0.3) is 11.3 Å². The number of amides is 2. The van der Waals surface area contributed by atoms with Crippen LogP contribution >= 0.6 is 11.6 Å². The molecular formula is C23H19ClF2N4O3. The third-order valence-electron chi connectivity index (χ3n) is 6.21. The van der Waals surface area contributed by atoms with Gasteiger partial charge >= 0.3 is 5.57 Å². The fourth-order valence-corrected chi connectivity index (χ4v) is 4.89. The quantitative estimate of drug-likeness (QED) is 0.570. The van der Waals surface area contributed by atoms with Crippen LogP contribution < -0.4 is 9.64 Å². The first-order chi connectivity index (χ1) is 15.7. The van der Waals surface area contributed by atoms with E-state index < -0.39 is 11.0 Å². The molecule has 2 aromatic carbocycles. The lowest BCUT2D eigenvalue weighted by molar-refractivity contribution is -0.128. The van der Waals surface area contributed by atoms with Crippen LogP contribution in [-0.2, 0) is 15.0 Å². The molecule has 1 saturated heterocycles. The molecular weight excluding hydrogens is 454 g/mol. The number of nitrogens with zero attached hydrogens (tertiary/aromatic N) is 3. The van der Waals surface area contributed by atoms with Gasteiger partial charge in [0.1, 0.15) is 5.75 Å². The fourth-order valence-electron chi connectivity index (χ4n) is 4.80. The molecule has 5 rings (SSSR count). The Morgan fingerprint density at radius 2 is 1.97 bits per heavy atom. The molecule has 1 N–H and O–H groups in total. The van der Waals surface area contributed by atoms with Crippen LogP contribution in [0.4, 0.5) is 20.2 Å². The predicted molar refractivity (Wildman–Crippen MR) is 118 cm³/mol. The van der Waals surface area contributed by atoms with Gasteiger partial charge in [-0.2, -0.15) is 5.10 Å². The number of benzene rings is 2. The highest BCUT2D eigenvalue weighted by atomic mass is 35.5. The number of carbonyl (C=O) groups excluding carboxylic acids is 2. The van der Waals surface area contributed by atoms with Gasteiger partial charge in [-0.1, -0.05) is 12.1 Å². The number of carbonyl (C=O) groups is 2. The minimum absolute atomic E-state index is 0.0952. The van der Waals surface area contributed by atoms with Crippen LogP contribution in [0.5, 0.6) is 5.75 Å². The van der Waals surface area contributed by atoms with Crippen LogP contribution in [0.2, 0.25) is 0 Å². The van der Waals surface area contributed by atoms with Gasteiger partial charge < -0.3 is 9.64 Å². The van der Waals surface area contributed by atoms with E-state index in [0.29, 0.717) is 24.3 Å². The van der Waals surface area contributed by atoms with Gasteiger partial charge in [-0.05, 0) is 42.8 Å². The van der Waals surface area contributed by atoms with Crippen LogP contribution in [-0.4, -0.2) is 45.6 Å². The van der Waals surface area contributed by atoms with Crippen LogP contribution in [0, 0.1) is 0 Å². The van der Waals surface area contributed by atoms with E-state index >= 15 is 0 Å². The number of hydrogen-bond acceptors (Lipinski definition) is 4. The van der Waals surface area contributed by atoms with E-state index in [1.165, 1.54) is 31.2 Å². The highest BCUT2D eigenvalue weighted by Crippen LogP contribution is 2.53. The number of aromatic amines is 1. The van der Waals surface area contributed by atoms with Crippen LogP contribution in [0.15, 0.2) is 54.7 Å². The van der Waals surface area contributed by atoms with Crippen molar-refractivity contribution in [3.05, 3.63) is 60.3 Å². The second-order valence-corrected chi connectivity index (χ2v) is 8.56. The third-order valence-corrected chi connectivity index (χ3v) is 6.29. The molecule has 170 valence electrons. The number of halogens is 3. The van der Waals surface area contributed by atoms with Gasteiger partial charge in [0.05, 0.1) is 16.8 Å². The van der Waals surface area contributed by atoms with Gasteiger partial charge in [0.2, 0.25) is 11.8 Å². The van der Waals surface area contributed by atoms with Crippen LogP contribution in [0.1, 0.15) is 18.9 Å². The number of ether oxygens (including phenoxy) is 1. The van der Waals surface area contributed by atoms with Crippen molar-refractivity contribution in [2.75, 3.05) is 18.0 Å². The molecule has 2 amide bonds. The molecule has 1 spiro atoms. The summed E-state index contributed by atoms with van der Waals surface area (Å²) < 4.78 is 30.4. The highest BCUT2D eigenvalue weighted by Gasteiger charge is 2.56. The molecule has 0 radical (unpaired) electrons. The smallest absolute Gasteiger partial charge is 0.420 e. The van der Waals surface area contributed by atoms with E-state index in [1.807, 2.05) is 24.3 Å². The SMILES string of the molecule is CC(=O)N1CCC2(C1)C(=O)N(c1ccc(OC(F)(F)Cl)cc1)c1cccc(-c3ccn[nH]3)c12. The van der Waals surface area contributed by atoms with E-state index in [-0.39, 0.29) is 24.1 Å². The van der Waals surface area contributed by atoms with Gasteiger partial charge in [0.15, 0.2) is 0 Å². The zero-order valence-electron chi connectivity index (χ0n) is 17.5. The van der Waals surface area contributed by atoms with E-state index in [1.54, 1.807) is 16.0 Å². The molecule has 2 aliphatic heterocycles. The summed E-state index contributed by atoms with van der Waals surface area (Å²) in [6.07, 6.45) is 2.11. The number of fused-ring (bicyclic) bond motifs is 2. The Kier molecular flexibility index (Phi) is 4.89. The Bertz CT molecular complexity index is 1230. The zero-order valence-corrected chi connectivity index (χ0v) is 18.3. The monoisotopic (exact) mass is 472 g/mol. The third kappa shape index (κ3) is 3.52. The first-order valence-electron chi connectivity index (χ1n) is 10.3. The number of anilines is 2. The van der Waals surface area contributed by atoms with Crippen molar-refractivity contribution in [1.82, 2.24) is 15.1 Å².